The van der Waals surface area contributed by atoms with Crippen LogP contribution >= 0.6 is 27.5 Å². The van der Waals surface area contributed by atoms with E-state index in [0.717, 1.165) is 28.6 Å². The maximum atomic E-state index is 6.16. The van der Waals surface area contributed by atoms with E-state index in [0.29, 0.717) is 5.02 Å². The van der Waals surface area contributed by atoms with Crippen LogP contribution < -0.4 is 10.1 Å². The summed E-state index contributed by atoms with van der Waals surface area (Å²) in [5, 5.41) is 4.00. The van der Waals surface area contributed by atoms with Gasteiger partial charge in [-0.05, 0) is 25.6 Å². The normalized spacial score (nSPS) is 23.0. The lowest BCUT2D eigenvalue weighted by Crippen LogP contribution is -2.28. The van der Waals surface area contributed by atoms with Gasteiger partial charge in [0, 0.05) is 10.0 Å². The molecule has 0 spiro atoms. The van der Waals surface area contributed by atoms with Crippen molar-refractivity contribution in [2.75, 3.05) is 7.05 Å². The number of fused-ring (bicyclic) bond motifs is 1. The van der Waals surface area contributed by atoms with Gasteiger partial charge in [-0.3, -0.25) is 0 Å². The van der Waals surface area contributed by atoms with Crippen LogP contribution in [0.2, 0.25) is 5.02 Å². The third-order valence-electron chi connectivity index (χ3n) is 2.93. The molecule has 1 aliphatic heterocycles. The summed E-state index contributed by atoms with van der Waals surface area (Å²) in [7, 11) is 1.96. The molecule has 0 saturated carbocycles. The Bertz CT molecular complexity index is 397. The molecular weight excluding hydrogens is 289 g/mol. The largest absolute Gasteiger partial charge is 0.486 e. The molecule has 0 aromatic heterocycles. The van der Waals surface area contributed by atoms with E-state index in [4.69, 9.17) is 16.3 Å². The van der Waals surface area contributed by atoms with Crippen LogP contribution in [-0.2, 0) is 0 Å². The van der Waals surface area contributed by atoms with Gasteiger partial charge in [0.05, 0.1) is 11.1 Å². The fourth-order valence-electron chi connectivity index (χ4n) is 2.20. The van der Waals surface area contributed by atoms with E-state index in [-0.39, 0.29) is 12.1 Å². The average Bonchev–Trinajstić information content (AvgIpc) is 2.64. The number of benzene rings is 1. The highest BCUT2D eigenvalue weighted by atomic mass is 79.9. The van der Waals surface area contributed by atoms with E-state index in [9.17, 15) is 0 Å². The molecule has 1 aromatic carbocycles. The Labute approximate surface area is 109 Å². The second-order valence-corrected chi connectivity index (χ2v) is 5.24. The molecule has 1 aliphatic rings. The summed E-state index contributed by atoms with van der Waals surface area (Å²) in [6.45, 7) is 2.16. The monoisotopic (exact) mass is 303 g/mol. The zero-order chi connectivity index (χ0) is 11.7. The Balaban J connectivity index is 2.42. The Morgan fingerprint density at radius 1 is 1.50 bits per heavy atom. The van der Waals surface area contributed by atoms with Crippen molar-refractivity contribution in [3.8, 4) is 5.75 Å². The number of hydrogen-bond acceptors (Lipinski definition) is 2. The van der Waals surface area contributed by atoms with Gasteiger partial charge in [0.25, 0.3) is 0 Å². The number of halogens is 2. The Morgan fingerprint density at radius 3 is 2.88 bits per heavy atom. The van der Waals surface area contributed by atoms with E-state index < -0.39 is 0 Å². The van der Waals surface area contributed by atoms with Crippen molar-refractivity contribution in [2.24, 2.45) is 0 Å². The standard InChI is InChI=1S/C12H15BrClNO/c1-3-4-9-11(15-2)10-7(13)5-6-8(14)12(10)16-9/h5-6,9,11,15H,3-4H2,1-2H3. The molecule has 2 unspecified atom stereocenters. The minimum Gasteiger partial charge on any atom is -0.486 e. The molecule has 1 aromatic rings. The van der Waals surface area contributed by atoms with Gasteiger partial charge < -0.3 is 10.1 Å². The number of nitrogens with one attached hydrogen (secondary N) is 1. The molecule has 0 radical (unpaired) electrons. The minimum absolute atomic E-state index is 0.182. The highest BCUT2D eigenvalue weighted by Gasteiger charge is 2.35. The zero-order valence-corrected chi connectivity index (χ0v) is 11.7. The molecule has 1 heterocycles. The van der Waals surface area contributed by atoms with Gasteiger partial charge in [-0.1, -0.05) is 40.9 Å². The summed E-state index contributed by atoms with van der Waals surface area (Å²) < 4.78 is 7.00. The molecule has 0 bridgehead atoms. The molecule has 16 heavy (non-hydrogen) atoms. The predicted molar refractivity (Wildman–Crippen MR) is 70.3 cm³/mol. The summed E-state index contributed by atoms with van der Waals surface area (Å²) >= 11 is 9.72. The van der Waals surface area contributed by atoms with Gasteiger partial charge in [-0.2, -0.15) is 0 Å². The molecule has 2 nitrogen and oxygen atoms in total. The number of hydrogen-bond donors (Lipinski definition) is 1. The van der Waals surface area contributed by atoms with Crippen LogP contribution in [0.4, 0.5) is 0 Å². The Kier molecular flexibility index (Phi) is 3.77. The summed E-state index contributed by atoms with van der Waals surface area (Å²) in [6, 6.07) is 4.07. The summed E-state index contributed by atoms with van der Waals surface area (Å²) in [6.07, 6.45) is 2.32. The number of likely N-dealkylation sites (N-methyl/N-ethyl adjacent to an activating group) is 1. The second-order valence-electron chi connectivity index (χ2n) is 3.98. The zero-order valence-electron chi connectivity index (χ0n) is 9.39. The summed E-state index contributed by atoms with van der Waals surface area (Å²) in [5.41, 5.74) is 1.15. The maximum absolute atomic E-state index is 6.16. The van der Waals surface area contributed by atoms with Crippen molar-refractivity contribution in [2.45, 2.75) is 31.9 Å². The van der Waals surface area contributed by atoms with Gasteiger partial charge in [0.1, 0.15) is 11.9 Å². The Morgan fingerprint density at radius 2 is 2.25 bits per heavy atom. The fourth-order valence-corrected chi connectivity index (χ4v) is 2.97. The van der Waals surface area contributed by atoms with Gasteiger partial charge in [0.15, 0.2) is 0 Å². The Hall–Kier alpha value is -0.250. The first-order valence-corrected chi connectivity index (χ1v) is 6.68. The third kappa shape index (κ3) is 1.96. The van der Waals surface area contributed by atoms with E-state index in [1.807, 2.05) is 19.2 Å². The van der Waals surface area contributed by atoms with E-state index in [2.05, 4.69) is 28.2 Å². The lowest BCUT2D eigenvalue weighted by atomic mass is 10.0. The smallest absolute Gasteiger partial charge is 0.144 e. The van der Waals surface area contributed by atoms with Crippen LogP contribution in [0.1, 0.15) is 31.4 Å². The SMILES string of the molecule is CCCC1Oc2c(Cl)ccc(Br)c2C1NC. The van der Waals surface area contributed by atoms with Crippen molar-refractivity contribution in [1.29, 1.82) is 0 Å². The highest BCUT2D eigenvalue weighted by molar-refractivity contribution is 9.10. The highest BCUT2D eigenvalue weighted by Crippen LogP contribution is 2.46. The average molecular weight is 305 g/mol. The molecule has 0 aliphatic carbocycles. The first kappa shape index (κ1) is 12.2. The third-order valence-corrected chi connectivity index (χ3v) is 3.92. The van der Waals surface area contributed by atoms with Gasteiger partial charge in [-0.25, -0.2) is 0 Å². The molecule has 4 heteroatoms. The van der Waals surface area contributed by atoms with Crippen molar-refractivity contribution in [3.05, 3.63) is 27.2 Å². The molecule has 2 rings (SSSR count). The van der Waals surface area contributed by atoms with Crippen molar-refractivity contribution < 1.29 is 4.74 Å². The topological polar surface area (TPSA) is 21.3 Å². The van der Waals surface area contributed by atoms with Crippen LogP contribution in [0, 0.1) is 0 Å². The summed E-state index contributed by atoms with van der Waals surface area (Å²) in [4.78, 5) is 0. The van der Waals surface area contributed by atoms with E-state index >= 15 is 0 Å². The minimum atomic E-state index is 0.182. The van der Waals surface area contributed by atoms with Crippen LogP contribution in [0.15, 0.2) is 16.6 Å². The molecule has 0 amide bonds. The van der Waals surface area contributed by atoms with Crippen LogP contribution in [0.5, 0.6) is 5.75 Å². The lowest BCUT2D eigenvalue weighted by molar-refractivity contribution is 0.182. The molecule has 2 atom stereocenters. The number of rotatable bonds is 3. The molecule has 0 fully saturated rings. The van der Waals surface area contributed by atoms with Crippen molar-refractivity contribution in [3.63, 3.8) is 0 Å². The van der Waals surface area contributed by atoms with Crippen molar-refractivity contribution in [1.82, 2.24) is 5.32 Å². The number of ether oxygens (including phenoxy) is 1. The molecule has 88 valence electrons. The first-order valence-electron chi connectivity index (χ1n) is 5.50. The van der Waals surface area contributed by atoms with E-state index in [1.54, 1.807) is 0 Å². The lowest BCUT2D eigenvalue weighted by Gasteiger charge is -2.17. The van der Waals surface area contributed by atoms with Crippen LogP contribution in [0.3, 0.4) is 0 Å². The fraction of sp³-hybridized carbons (Fsp3) is 0.500. The van der Waals surface area contributed by atoms with E-state index in [1.165, 1.54) is 0 Å². The quantitative estimate of drug-likeness (QED) is 0.914. The second kappa shape index (κ2) is 4.94. The van der Waals surface area contributed by atoms with Gasteiger partial charge in [-0.15, -0.1) is 0 Å². The van der Waals surface area contributed by atoms with Gasteiger partial charge in [0.2, 0.25) is 0 Å². The molecule has 0 saturated heterocycles. The van der Waals surface area contributed by atoms with Crippen LogP contribution in [0.25, 0.3) is 0 Å². The first-order chi connectivity index (χ1) is 7.69. The molecular formula is C12H15BrClNO. The van der Waals surface area contributed by atoms with Crippen LogP contribution in [-0.4, -0.2) is 13.2 Å². The van der Waals surface area contributed by atoms with Gasteiger partial charge >= 0.3 is 0 Å². The molecule has 1 N–H and O–H groups in total. The van der Waals surface area contributed by atoms with Crippen molar-refractivity contribution >= 4 is 27.5 Å². The predicted octanol–water partition coefficient (Wildman–Crippen LogP) is 3.92. The maximum Gasteiger partial charge on any atom is 0.144 e. The summed E-state index contributed by atoms with van der Waals surface area (Å²) in [5.74, 6) is 0.828.